The number of anilines is 1. The van der Waals surface area contributed by atoms with E-state index >= 15 is 0 Å². The minimum atomic E-state index is -0.555. The lowest BCUT2D eigenvalue weighted by atomic mass is 10.1. The van der Waals surface area contributed by atoms with Crippen LogP contribution >= 0.6 is 0 Å². The summed E-state index contributed by atoms with van der Waals surface area (Å²) in [4.78, 5) is 0. The Balaban J connectivity index is 2.69. The molecule has 0 bridgehead atoms. The average molecular weight is 218 g/mol. The quantitative estimate of drug-likeness (QED) is 0.844. The van der Waals surface area contributed by atoms with Crippen molar-refractivity contribution in [1.29, 1.82) is 5.26 Å². The topological polar surface area (TPSA) is 45.0 Å². The zero-order valence-electron chi connectivity index (χ0n) is 10.2. The van der Waals surface area contributed by atoms with Crippen molar-refractivity contribution in [1.82, 2.24) is 0 Å². The van der Waals surface area contributed by atoms with Crippen LogP contribution in [0.1, 0.15) is 27.7 Å². The van der Waals surface area contributed by atoms with Crippen molar-refractivity contribution >= 4 is 5.69 Å². The van der Waals surface area contributed by atoms with E-state index in [4.69, 9.17) is 10.00 Å². The second-order valence-electron chi connectivity index (χ2n) is 4.55. The number of nitrogens with one attached hydrogen (secondary N) is 1. The second-order valence-corrected chi connectivity index (χ2v) is 4.55. The Kier molecular flexibility index (Phi) is 3.78. The van der Waals surface area contributed by atoms with Crippen molar-refractivity contribution in [2.75, 3.05) is 5.32 Å². The molecule has 1 N–H and O–H groups in total. The molecule has 16 heavy (non-hydrogen) atoms. The molecule has 1 aromatic rings. The van der Waals surface area contributed by atoms with Gasteiger partial charge >= 0.3 is 0 Å². The van der Waals surface area contributed by atoms with Crippen molar-refractivity contribution < 1.29 is 4.74 Å². The summed E-state index contributed by atoms with van der Waals surface area (Å²) in [7, 11) is 0. The van der Waals surface area contributed by atoms with E-state index in [1.807, 2.05) is 52.0 Å². The Morgan fingerprint density at radius 3 is 2.25 bits per heavy atom. The highest BCUT2D eigenvalue weighted by molar-refractivity contribution is 5.49. The number of nitrogens with zero attached hydrogens (tertiary/aromatic N) is 1. The molecule has 0 heterocycles. The fourth-order valence-electron chi connectivity index (χ4n) is 1.28. The third kappa shape index (κ3) is 3.82. The molecule has 86 valence electrons. The lowest BCUT2D eigenvalue weighted by Crippen LogP contribution is -2.28. The monoisotopic (exact) mass is 218 g/mol. The highest BCUT2D eigenvalue weighted by atomic mass is 16.5. The van der Waals surface area contributed by atoms with Gasteiger partial charge in [-0.05, 0) is 52.0 Å². The zero-order chi connectivity index (χ0) is 12.2. The van der Waals surface area contributed by atoms with Crippen LogP contribution in [0, 0.1) is 11.3 Å². The molecule has 0 aromatic heterocycles. The Bertz CT molecular complexity index is 374. The highest BCUT2D eigenvalue weighted by Gasteiger charge is 2.15. The third-order valence-electron chi connectivity index (χ3n) is 1.96. The molecule has 0 aliphatic heterocycles. The summed E-state index contributed by atoms with van der Waals surface area (Å²) in [6.45, 7) is 7.66. The molecular weight excluding hydrogens is 200 g/mol. The third-order valence-corrected chi connectivity index (χ3v) is 1.96. The summed E-state index contributed by atoms with van der Waals surface area (Å²) >= 11 is 0. The van der Waals surface area contributed by atoms with E-state index in [1.54, 1.807) is 0 Å². The van der Waals surface area contributed by atoms with Crippen molar-refractivity contribution in [3.63, 3.8) is 0 Å². The van der Waals surface area contributed by atoms with Crippen molar-refractivity contribution in [2.24, 2.45) is 0 Å². The Morgan fingerprint density at radius 1 is 1.25 bits per heavy atom. The van der Waals surface area contributed by atoms with Crippen LogP contribution < -0.4 is 10.1 Å². The van der Waals surface area contributed by atoms with Crippen molar-refractivity contribution in [2.45, 2.75) is 39.3 Å². The van der Waals surface area contributed by atoms with Crippen LogP contribution in [-0.2, 0) is 0 Å². The molecule has 3 heteroatoms. The fourth-order valence-corrected chi connectivity index (χ4v) is 1.28. The van der Waals surface area contributed by atoms with E-state index < -0.39 is 5.54 Å². The predicted octanol–water partition coefficient (Wildman–Crippen LogP) is 3.19. The first-order chi connectivity index (χ1) is 7.43. The maximum Gasteiger partial charge on any atom is 0.119 e. The minimum absolute atomic E-state index is 0.175. The average Bonchev–Trinajstić information content (AvgIpc) is 2.20. The SMILES string of the molecule is CC(C)Oc1ccc(NC(C)(C)C#N)cc1. The molecule has 1 aromatic carbocycles. The first-order valence-electron chi connectivity index (χ1n) is 5.39. The summed E-state index contributed by atoms with van der Waals surface area (Å²) < 4.78 is 5.53. The number of rotatable bonds is 4. The van der Waals surface area contributed by atoms with E-state index in [9.17, 15) is 0 Å². The Morgan fingerprint density at radius 2 is 1.81 bits per heavy atom. The number of nitriles is 1. The van der Waals surface area contributed by atoms with Gasteiger partial charge in [0.25, 0.3) is 0 Å². The predicted molar refractivity (Wildman–Crippen MR) is 65.5 cm³/mol. The summed E-state index contributed by atoms with van der Waals surface area (Å²) in [6, 6.07) is 9.82. The van der Waals surface area contributed by atoms with Gasteiger partial charge in [-0.25, -0.2) is 0 Å². The summed E-state index contributed by atoms with van der Waals surface area (Å²) in [6.07, 6.45) is 0.175. The maximum absolute atomic E-state index is 8.89. The molecule has 0 saturated heterocycles. The van der Waals surface area contributed by atoms with Crippen LogP contribution in [0.2, 0.25) is 0 Å². The van der Waals surface area contributed by atoms with Crippen LogP contribution in [0.3, 0.4) is 0 Å². The van der Waals surface area contributed by atoms with Crippen molar-refractivity contribution in [3.8, 4) is 11.8 Å². The lowest BCUT2D eigenvalue weighted by Gasteiger charge is -2.19. The highest BCUT2D eigenvalue weighted by Crippen LogP contribution is 2.19. The number of hydrogen-bond acceptors (Lipinski definition) is 3. The Hall–Kier alpha value is -1.69. The van der Waals surface area contributed by atoms with Crippen LogP contribution in [0.25, 0.3) is 0 Å². The summed E-state index contributed by atoms with van der Waals surface area (Å²) in [5.74, 6) is 0.843. The largest absolute Gasteiger partial charge is 0.491 e. The molecule has 0 amide bonds. The van der Waals surface area contributed by atoms with Gasteiger partial charge in [-0.1, -0.05) is 0 Å². The zero-order valence-corrected chi connectivity index (χ0v) is 10.2. The first kappa shape index (κ1) is 12.4. The van der Waals surface area contributed by atoms with E-state index in [-0.39, 0.29) is 6.10 Å². The van der Waals surface area contributed by atoms with Gasteiger partial charge < -0.3 is 10.1 Å². The van der Waals surface area contributed by atoms with Gasteiger partial charge in [-0.15, -0.1) is 0 Å². The summed E-state index contributed by atoms with van der Waals surface area (Å²) in [5.41, 5.74) is 0.364. The first-order valence-corrected chi connectivity index (χ1v) is 5.39. The minimum Gasteiger partial charge on any atom is -0.491 e. The maximum atomic E-state index is 8.89. The molecule has 0 aliphatic rings. The summed E-state index contributed by atoms with van der Waals surface area (Å²) in [5, 5.41) is 12.0. The van der Waals surface area contributed by atoms with E-state index in [2.05, 4.69) is 11.4 Å². The van der Waals surface area contributed by atoms with Crippen LogP contribution in [0.5, 0.6) is 5.75 Å². The molecule has 0 unspecified atom stereocenters. The molecular formula is C13H18N2O. The molecule has 0 aliphatic carbocycles. The number of ether oxygens (including phenoxy) is 1. The van der Waals surface area contributed by atoms with Gasteiger partial charge in [-0.2, -0.15) is 5.26 Å². The van der Waals surface area contributed by atoms with Gasteiger partial charge in [0.2, 0.25) is 0 Å². The van der Waals surface area contributed by atoms with Crippen LogP contribution in [0.4, 0.5) is 5.69 Å². The lowest BCUT2D eigenvalue weighted by molar-refractivity contribution is 0.242. The van der Waals surface area contributed by atoms with Crippen molar-refractivity contribution in [3.05, 3.63) is 24.3 Å². The van der Waals surface area contributed by atoms with E-state index in [0.29, 0.717) is 0 Å². The smallest absolute Gasteiger partial charge is 0.119 e. The normalized spacial score (nSPS) is 11.0. The van der Waals surface area contributed by atoms with Gasteiger partial charge in [-0.3, -0.25) is 0 Å². The van der Waals surface area contributed by atoms with E-state index in [1.165, 1.54) is 0 Å². The molecule has 3 nitrogen and oxygen atoms in total. The molecule has 0 saturated carbocycles. The fraction of sp³-hybridized carbons (Fsp3) is 0.462. The van der Waals surface area contributed by atoms with Crippen LogP contribution in [-0.4, -0.2) is 11.6 Å². The molecule has 1 rings (SSSR count). The molecule has 0 spiro atoms. The molecule has 0 fully saturated rings. The molecule has 0 radical (unpaired) electrons. The second kappa shape index (κ2) is 4.89. The number of hydrogen-bond donors (Lipinski definition) is 1. The van der Waals surface area contributed by atoms with Gasteiger partial charge in [0.1, 0.15) is 11.3 Å². The molecule has 0 atom stereocenters. The van der Waals surface area contributed by atoms with Crippen LogP contribution in [0.15, 0.2) is 24.3 Å². The van der Waals surface area contributed by atoms with Gasteiger partial charge in [0, 0.05) is 5.69 Å². The Labute approximate surface area is 97.0 Å². The van der Waals surface area contributed by atoms with Gasteiger partial charge in [0.05, 0.1) is 12.2 Å². The standard InChI is InChI=1S/C13H18N2O/c1-10(2)16-12-7-5-11(6-8-12)15-13(3,4)9-14/h5-8,10,15H,1-4H3. The van der Waals surface area contributed by atoms with Gasteiger partial charge in [0.15, 0.2) is 0 Å². The van der Waals surface area contributed by atoms with E-state index in [0.717, 1.165) is 11.4 Å². The number of benzene rings is 1.